The van der Waals surface area contributed by atoms with Crippen LogP contribution in [0.5, 0.6) is 0 Å². The van der Waals surface area contributed by atoms with Crippen molar-refractivity contribution in [3.8, 4) is 0 Å². The normalized spacial score (nSPS) is 20.2. The largest absolute Gasteiger partial charge is 0.418 e. The van der Waals surface area contributed by atoms with Crippen LogP contribution in [0.3, 0.4) is 0 Å². The molecule has 0 amide bonds. The smallest absolute Gasteiger partial charge is 0.288 e. The number of piperidine rings is 1. The molecule has 1 aliphatic heterocycles. The molecule has 22 heavy (non-hydrogen) atoms. The molecule has 1 fully saturated rings. The van der Waals surface area contributed by atoms with Gasteiger partial charge in [0.25, 0.3) is 0 Å². The Morgan fingerprint density at radius 2 is 2.14 bits per heavy atom. The maximum atomic E-state index is 13.1. The first-order valence-corrected chi connectivity index (χ1v) is 7.16. The van der Waals surface area contributed by atoms with E-state index >= 15 is 0 Å². The van der Waals surface area contributed by atoms with Gasteiger partial charge in [-0.15, -0.1) is 0 Å². The number of pyridine rings is 1. The standard InChI is InChI=1S/C14H16F3N5/c15-14(16,17)10-4-3-6-18-11(10)8-22-7-2-1-5-12(22)13-19-9-20-21-13/h3-4,6,9,12H,1-2,5,7-8H2,(H,19,20,21). The molecular weight excluding hydrogens is 295 g/mol. The highest BCUT2D eigenvalue weighted by molar-refractivity contribution is 5.23. The fourth-order valence-electron chi connectivity index (χ4n) is 2.88. The summed E-state index contributed by atoms with van der Waals surface area (Å²) in [5.74, 6) is 0.698. The van der Waals surface area contributed by atoms with E-state index in [0.29, 0.717) is 5.82 Å². The average molecular weight is 311 g/mol. The lowest BCUT2D eigenvalue weighted by Crippen LogP contribution is -2.34. The van der Waals surface area contributed by atoms with E-state index in [1.807, 2.05) is 4.90 Å². The molecule has 0 spiro atoms. The molecule has 118 valence electrons. The van der Waals surface area contributed by atoms with Crippen molar-refractivity contribution in [2.75, 3.05) is 6.54 Å². The molecule has 2 aromatic rings. The highest BCUT2D eigenvalue weighted by Crippen LogP contribution is 2.34. The molecule has 0 aliphatic carbocycles. The van der Waals surface area contributed by atoms with Crippen LogP contribution in [0.15, 0.2) is 24.7 Å². The first kappa shape index (κ1) is 15.0. The zero-order chi connectivity index (χ0) is 15.6. The number of nitrogens with one attached hydrogen (secondary N) is 1. The molecule has 1 N–H and O–H groups in total. The molecule has 0 radical (unpaired) electrons. The third-order valence-electron chi connectivity index (χ3n) is 3.91. The van der Waals surface area contributed by atoms with E-state index in [1.165, 1.54) is 18.6 Å². The number of aromatic nitrogens is 4. The Hall–Kier alpha value is -1.96. The lowest BCUT2D eigenvalue weighted by atomic mass is 10.0. The zero-order valence-electron chi connectivity index (χ0n) is 11.8. The predicted octanol–water partition coefficient (Wildman–Crippen LogP) is 2.95. The zero-order valence-corrected chi connectivity index (χ0v) is 11.8. The number of H-pyrrole nitrogens is 1. The highest BCUT2D eigenvalue weighted by Gasteiger charge is 2.35. The van der Waals surface area contributed by atoms with Crippen molar-refractivity contribution in [1.82, 2.24) is 25.1 Å². The number of halogens is 3. The van der Waals surface area contributed by atoms with Crippen molar-refractivity contribution in [2.45, 2.75) is 38.0 Å². The van der Waals surface area contributed by atoms with Crippen LogP contribution in [0.25, 0.3) is 0 Å². The van der Waals surface area contributed by atoms with Gasteiger partial charge in [-0.05, 0) is 31.5 Å². The summed E-state index contributed by atoms with van der Waals surface area (Å²) in [6.45, 7) is 0.875. The molecule has 3 heterocycles. The lowest BCUT2D eigenvalue weighted by Gasteiger charge is -2.34. The molecule has 1 aliphatic rings. The van der Waals surface area contributed by atoms with E-state index in [1.54, 1.807) is 0 Å². The van der Waals surface area contributed by atoms with Crippen LogP contribution < -0.4 is 0 Å². The third-order valence-corrected chi connectivity index (χ3v) is 3.91. The van der Waals surface area contributed by atoms with Crippen molar-refractivity contribution in [3.63, 3.8) is 0 Å². The van der Waals surface area contributed by atoms with Crippen LogP contribution in [-0.2, 0) is 12.7 Å². The van der Waals surface area contributed by atoms with E-state index in [-0.39, 0.29) is 18.3 Å². The quantitative estimate of drug-likeness (QED) is 0.947. The van der Waals surface area contributed by atoms with Gasteiger partial charge >= 0.3 is 6.18 Å². The van der Waals surface area contributed by atoms with E-state index in [9.17, 15) is 13.2 Å². The Morgan fingerprint density at radius 3 is 2.86 bits per heavy atom. The first-order valence-electron chi connectivity index (χ1n) is 7.16. The molecule has 2 aromatic heterocycles. The van der Waals surface area contributed by atoms with E-state index in [0.717, 1.165) is 31.9 Å². The second-order valence-electron chi connectivity index (χ2n) is 5.35. The van der Waals surface area contributed by atoms with Crippen LogP contribution in [0, 0.1) is 0 Å². The monoisotopic (exact) mass is 311 g/mol. The van der Waals surface area contributed by atoms with Crippen molar-refractivity contribution in [2.24, 2.45) is 0 Å². The van der Waals surface area contributed by atoms with Gasteiger partial charge in [-0.25, -0.2) is 4.98 Å². The van der Waals surface area contributed by atoms with Crippen molar-refractivity contribution in [1.29, 1.82) is 0 Å². The Bertz CT molecular complexity index is 611. The van der Waals surface area contributed by atoms with Crippen LogP contribution in [0.2, 0.25) is 0 Å². The van der Waals surface area contributed by atoms with Gasteiger partial charge in [-0.1, -0.05) is 6.42 Å². The number of likely N-dealkylation sites (tertiary alicyclic amines) is 1. The van der Waals surface area contributed by atoms with Gasteiger partial charge in [-0.2, -0.15) is 18.3 Å². The van der Waals surface area contributed by atoms with Gasteiger partial charge in [-0.3, -0.25) is 15.0 Å². The van der Waals surface area contributed by atoms with Gasteiger partial charge in [0.2, 0.25) is 0 Å². The maximum absolute atomic E-state index is 13.1. The average Bonchev–Trinajstić information content (AvgIpc) is 3.01. The second-order valence-corrected chi connectivity index (χ2v) is 5.35. The molecule has 8 heteroatoms. The number of hydrogen-bond acceptors (Lipinski definition) is 4. The lowest BCUT2D eigenvalue weighted by molar-refractivity contribution is -0.138. The second kappa shape index (κ2) is 6.04. The minimum atomic E-state index is -4.39. The summed E-state index contributed by atoms with van der Waals surface area (Å²) >= 11 is 0. The van der Waals surface area contributed by atoms with Gasteiger partial charge in [0.1, 0.15) is 12.2 Å². The van der Waals surface area contributed by atoms with Crippen molar-refractivity contribution < 1.29 is 13.2 Å². The summed E-state index contributed by atoms with van der Waals surface area (Å²) in [5.41, 5.74) is -0.613. The highest BCUT2D eigenvalue weighted by atomic mass is 19.4. The summed E-state index contributed by atoms with van der Waals surface area (Å²) < 4.78 is 39.3. The Balaban J connectivity index is 1.85. The molecule has 1 unspecified atom stereocenters. The van der Waals surface area contributed by atoms with Crippen LogP contribution in [0.4, 0.5) is 13.2 Å². The van der Waals surface area contributed by atoms with Crippen LogP contribution >= 0.6 is 0 Å². The summed E-state index contributed by atoms with van der Waals surface area (Å²) in [6, 6.07) is 2.35. The third kappa shape index (κ3) is 3.11. The molecule has 1 atom stereocenters. The predicted molar refractivity (Wildman–Crippen MR) is 72.6 cm³/mol. The molecule has 0 aromatic carbocycles. The summed E-state index contributed by atoms with van der Waals surface area (Å²) in [5, 5.41) is 6.66. The SMILES string of the molecule is FC(F)(F)c1cccnc1CN1CCCCC1c1ncn[nH]1. The fourth-order valence-corrected chi connectivity index (χ4v) is 2.88. The molecule has 0 bridgehead atoms. The fraction of sp³-hybridized carbons (Fsp3) is 0.500. The molecule has 3 rings (SSSR count). The summed E-state index contributed by atoms with van der Waals surface area (Å²) in [6.07, 6.45) is 1.27. The first-order chi connectivity index (χ1) is 10.6. The minimum Gasteiger partial charge on any atom is -0.288 e. The number of aromatic amines is 1. The molecule has 0 saturated carbocycles. The van der Waals surface area contributed by atoms with Crippen molar-refractivity contribution >= 4 is 0 Å². The van der Waals surface area contributed by atoms with Gasteiger partial charge in [0, 0.05) is 12.7 Å². The van der Waals surface area contributed by atoms with Gasteiger partial charge in [0.05, 0.1) is 17.3 Å². The van der Waals surface area contributed by atoms with Gasteiger partial charge < -0.3 is 0 Å². The minimum absolute atomic E-state index is 0.0423. The molecular formula is C14H16F3N5. The van der Waals surface area contributed by atoms with Crippen LogP contribution in [0.1, 0.15) is 42.4 Å². The van der Waals surface area contributed by atoms with E-state index in [4.69, 9.17) is 0 Å². The Labute approximate surface area is 125 Å². The summed E-state index contributed by atoms with van der Waals surface area (Å²) in [4.78, 5) is 10.1. The van der Waals surface area contributed by atoms with E-state index in [2.05, 4.69) is 20.2 Å². The number of rotatable bonds is 3. The topological polar surface area (TPSA) is 57.7 Å². The number of alkyl halides is 3. The molecule has 1 saturated heterocycles. The Kier molecular flexibility index (Phi) is 4.10. The number of nitrogens with zero attached hydrogens (tertiary/aromatic N) is 4. The van der Waals surface area contributed by atoms with Gasteiger partial charge in [0.15, 0.2) is 0 Å². The molecule has 5 nitrogen and oxygen atoms in total. The summed E-state index contributed by atoms with van der Waals surface area (Å²) in [7, 11) is 0. The van der Waals surface area contributed by atoms with Crippen LogP contribution in [-0.4, -0.2) is 31.6 Å². The maximum Gasteiger partial charge on any atom is 0.418 e. The van der Waals surface area contributed by atoms with Crippen molar-refractivity contribution in [3.05, 3.63) is 41.7 Å². The number of hydrogen-bond donors (Lipinski definition) is 1. The van der Waals surface area contributed by atoms with E-state index < -0.39 is 11.7 Å². The Morgan fingerprint density at radius 1 is 1.27 bits per heavy atom.